The molecule has 0 atom stereocenters. The smallest absolute Gasteiger partial charge is 0.251 e. The SMILES string of the molecule is CCCc1cc(C(=O)NCCCOCC)cc(NC)n1. The molecule has 0 aromatic carbocycles. The molecule has 0 radical (unpaired) electrons. The van der Waals surface area contributed by atoms with Crippen LogP contribution in [0.1, 0.15) is 42.7 Å². The number of rotatable bonds is 9. The fourth-order valence-corrected chi connectivity index (χ4v) is 1.85. The van der Waals surface area contributed by atoms with Gasteiger partial charge in [-0.05, 0) is 31.9 Å². The molecule has 0 fully saturated rings. The summed E-state index contributed by atoms with van der Waals surface area (Å²) in [7, 11) is 1.81. The number of hydrogen-bond acceptors (Lipinski definition) is 4. The third kappa shape index (κ3) is 5.57. The van der Waals surface area contributed by atoms with Crippen LogP contribution in [-0.4, -0.2) is 37.7 Å². The summed E-state index contributed by atoms with van der Waals surface area (Å²) >= 11 is 0. The number of carbonyl (C=O) groups excluding carboxylic acids is 1. The second-order valence-corrected chi connectivity index (χ2v) is 4.54. The maximum absolute atomic E-state index is 12.1. The average Bonchev–Trinajstić information content (AvgIpc) is 2.46. The molecule has 1 heterocycles. The van der Waals surface area contributed by atoms with Crippen molar-refractivity contribution in [1.82, 2.24) is 10.3 Å². The van der Waals surface area contributed by atoms with E-state index in [1.165, 1.54) is 0 Å². The summed E-state index contributed by atoms with van der Waals surface area (Å²) in [4.78, 5) is 16.5. The van der Waals surface area contributed by atoms with Gasteiger partial charge in [-0.3, -0.25) is 4.79 Å². The van der Waals surface area contributed by atoms with Crippen molar-refractivity contribution in [3.63, 3.8) is 0 Å². The molecule has 0 aliphatic rings. The molecule has 1 aromatic heterocycles. The second kappa shape index (κ2) is 9.31. The Morgan fingerprint density at radius 1 is 1.35 bits per heavy atom. The van der Waals surface area contributed by atoms with Crippen LogP contribution in [0.2, 0.25) is 0 Å². The summed E-state index contributed by atoms with van der Waals surface area (Å²) in [6.07, 6.45) is 2.71. The van der Waals surface area contributed by atoms with Gasteiger partial charge in [0, 0.05) is 38.1 Å². The van der Waals surface area contributed by atoms with Crippen LogP contribution in [-0.2, 0) is 11.2 Å². The van der Waals surface area contributed by atoms with Crippen LogP contribution >= 0.6 is 0 Å². The third-order valence-electron chi connectivity index (χ3n) is 2.86. The van der Waals surface area contributed by atoms with E-state index in [4.69, 9.17) is 4.74 Å². The zero-order chi connectivity index (χ0) is 14.8. The highest BCUT2D eigenvalue weighted by Gasteiger charge is 2.08. The van der Waals surface area contributed by atoms with Crippen molar-refractivity contribution in [3.05, 3.63) is 23.4 Å². The lowest BCUT2D eigenvalue weighted by Gasteiger charge is -2.09. The van der Waals surface area contributed by atoms with Gasteiger partial charge in [0.05, 0.1) is 0 Å². The molecule has 0 aliphatic heterocycles. The number of amides is 1. The number of carbonyl (C=O) groups is 1. The molecular formula is C15H25N3O2. The maximum Gasteiger partial charge on any atom is 0.251 e. The molecule has 5 nitrogen and oxygen atoms in total. The lowest BCUT2D eigenvalue weighted by molar-refractivity contribution is 0.0944. The lowest BCUT2D eigenvalue weighted by atomic mass is 10.1. The minimum Gasteiger partial charge on any atom is -0.382 e. The first-order valence-electron chi connectivity index (χ1n) is 7.25. The van der Waals surface area contributed by atoms with Gasteiger partial charge in [-0.2, -0.15) is 0 Å². The minimum absolute atomic E-state index is 0.0576. The van der Waals surface area contributed by atoms with E-state index in [-0.39, 0.29) is 5.91 Å². The van der Waals surface area contributed by atoms with E-state index in [2.05, 4.69) is 22.5 Å². The van der Waals surface area contributed by atoms with Crippen molar-refractivity contribution in [2.45, 2.75) is 33.1 Å². The van der Waals surface area contributed by atoms with E-state index < -0.39 is 0 Å². The summed E-state index contributed by atoms with van der Waals surface area (Å²) < 4.78 is 5.24. The quantitative estimate of drug-likeness (QED) is 0.680. The molecule has 0 aliphatic carbocycles. The molecule has 0 bridgehead atoms. The molecule has 5 heteroatoms. The molecule has 1 amide bonds. The number of nitrogens with zero attached hydrogens (tertiary/aromatic N) is 1. The highest BCUT2D eigenvalue weighted by molar-refractivity contribution is 5.95. The standard InChI is InChI=1S/C15H25N3O2/c1-4-7-13-10-12(11-14(16-3)18-13)15(19)17-8-6-9-20-5-2/h10-11H,4-9H2,1-3H3,(H,16,18)(H,17,19). The number of pyridine rings is 1. The van der Waals surface area contributed by atoms with Gasteiger partial charge >= 0.3 is 0 Å². The van der Waals surface area contributed by atoms with E-state index >= 15 is 0 Å². The number of anilines is 1. The van der Waals surface area contributed by atoms with Crippen LogP contribution in [0.4, 0.5) is 5.82 Å². The van der Waals surface area contributed by atoms with Crippen LogP contribution in [0.15, 0.2) is 12.1 Å². The third-order valence-corrected chi connectivity index (χ3v) is 2.86. The summed E-state index contributed by atoms with van der Waals surface area (Å²) in [6.45, 7) is 6.07. The molecular weight excluding hydrogens is 254 g/mol. The monoisotopic (exact) mass is 279 g/mol. The molecule has 112 valence electrons. The van der Waals surface area contributed by atoms with Gasteiger partial charge in [0.2, 0.25) is 0 Å². The van der Waals surface area contributed by atoms with Crippen molar-refractivity contribution < 1.29 is 9.53 Å². The molecule has 0 saturated carbocycles. The van der Waals surface area contributed by atoms with Gasteiger partial charge in [0.15, 0.2) is 0 Å². The lowest BCUT2D eigenvalue weighted by Crippen LogP contribution is -2.25. The number of ether oxygens (including phenoxy) is 1. The van der Waals surface area contributed by atoms with Gasteiger partial charge in [-0.25, -0.2) is 4.98 Å². The normalized spacial score (nSPS) is 10.3. The van der Waals surface area contributed by atoms with Crippen molar-refractivity contribution in [3.8, 4) is 0 Å². The number of aryl methyl sites for hydroxylation is 1. The topological polar surface area (TPSA) is 63.2 Å². The van der Waals surface area contributed by atoms with Crippen LogP contribution in [0.25, 0.3) is 0 Å². The summed E-state index contributed by atoms with van der Waals surface area (Å²) in [5.74, 6) is 0.674. The van der Waals surface area contributed by atoms with E-state index in [1.54, 1.807) is 6.07 Å². The van der Waals surface area contributed by atoms with Gasteiger partial charge in [0.1, 0.15) is 5.82 Å². The molecule has 1 aromatic rings. The van der Waals surface area contributed by atoms with Crippen LogP contribution in [0.5, 0.6) is 0 Å². The van der Waals surface area contributed by atoms with Crippen molar-refractivity contribution in [2.75, 3.05) is 32.1 Å². The maximum atomic E-state index is 12.1. The first-order chi connectivity index (χ1) is 9.71. The number of nitrogens with one attached hydrogen (secondary N) is 2. The van der Waals surface area contributed by atoms with Crippen LogP contribution in [0.3, 0.4) is 0 Å². The number of aromatic nitrogens is 1. The second-order valence-electron chi connectivity index (χ2n) is 4.54. The van der Waals surface area contributed by atoms with Crippen molar-refractivity contribution >= 4 is 11.7 Å². The Morgan fingerprint density at radius 3 is 2.80 bits per heavy atom. The molecule has 2 N–H and O–H groups in total. The zero-order valence-corrected chi connectivity index (χ0v) is 12.7. The zero-order valence-electron chi connectivity index (χ0n) is 12.7. The Labute approximate surface area is 121 Å². The fraction of sp³-hybridized carbons (Fsp3) is 0.600. The van der Waals surface area contributed by atoms with E-state index in [9.17, 15) is 4.79 Å². The van der Waals surface area contributed by atoms with Crippen molar-refractivity contribution in [2.24, 2.45) is 0 Å². The van der Waals surface area contributed by atoms with Gasteiger partial charge in [-0.1, -0.05) is 13.3 Å². The van der Waals surface area contributed by atoms with Gasteiger partial charge in [-0.15, -0.1) is 0 Å². The van der Waals surface area contributed by atoms with E-state index in [1.807, 2.05) is 20.0 Å². The fourth-order valence-electron chi connectivity index (χ4n) is 1.85. The number of hydrogen-bond donors (Lipinski definition) is 2. The first kappa shape index (κ1) is 16.4. The molecule has 0 spiro atoms. The predicted molar refractivity (Wildman–Crippen MR) is 81.2 cm³/mol. The van der Waals surface area contributed by atoms with Crippen LogP contribution in [0, 0.1) is 0 Å². The van der Waals surface area contributed by atoms with E-state index in [0.29, 0.717) is 25.3 Å². The summed E-state index contributed by atoms with van der Waals surface area (Å²) in [5, 5.41) is 5.90. The largest absolute Gasteiger partial charge is 0.382 e. The molecule has 1 rings (SSSR count). The van der Waals surface area contributed by atoms with Gasteiger partial charge in [0.25, 0.3) is 5.91 Å². The molecule has 0 saturated heterocycles. The van der Waals surface area contributed by atoms with Crippen LogP contribution < -0.4 is 10.6 Å². The summed E-state index contributed by atoms with van der Waals surface area (Å²) in [5.41, 5.74) is 1.60. The Balaban J connectivity index is 2.59. The van der Waals surface area contributed by atoms with Gasteiger partial charge < -0.3 is 15.4 Å². The first-order valence-corrected chi connectivity index (χ1v) is 7.25. The highest BCUT2D eigenvalue weighted by Crippen LogP contribution is 2.11. The van der Waals surface area contributed by atoms with Crippen molar-refractivity contribution in [1.29, 1.82) is 0 Å². The molecule has 0 unspecified atom stereocenters. The molecule has 20 heavy (non-hydrogen) atoms. The average molecular weight is 279 g/mol. The predicted octanol–water partition coefficient (Wildman–Crippen LogP) is 2.23. The Kier molecular flexibility index (Phi) is 7.65. The Bertz CT molecular complexity index is 422. The van der Waals surface area contributed by atoms with E-state index in [0.717, 1.165) is 30.8 Å². The Morgan fingerprint density at radius 2 is 2.15 bits per heavy atom. The Hall–Kier alpha value is -1.62. The minimum atomic E-state index is -0.0576. The summed E-state index contributed by atoms with van der Waals surface area (Å²) in [6, 6.07) is 3.64. The highest BCUT2D eigenvalue weighted by atomic mass is 16.5.